The van der Waals surface area contributed by atoms with Crippen LogP contribution < -0.4 is 5.56 Å². The number of aromatic nitrogens is 1. The molecule has 0 radical (unpaired) electrons. The van der Waals surface area contributed by atoms with Gasteiger partial charge in [0, 0.05) is 6.20 Å². The topological polar surface area (TPSA) is 98.4 Å². The van der Waals surface area contributed by atoms with Crippen LogP contribution in [0.4, 0.5) is 0 Å². The zero-order chi connectivity index (χ0) is 20.1. The number of nitriles is 1. The predicted molar refractivity (Wildman–Crippen MR) is 98.0 cm³/mol. The summed E-state index contributed by atoms with van der Waals surface area (Å²) in [6.45, 7) is 6.02. The predicted octanol–water partition coefficient (Wildman–Crippen LogP) is 2.51. The summed E-state index contributed by atoms with van der Waals surface area (Å²) in [6.07, 6.45) is 3.96. The minimum Gasteiger partial charge on any atom is -0.465 e. The Kier molecular flexibility index (Phi) is 6.78. The van der Waals surface area contributed by atoms with Crippen LogP contribution in [0.25, 0.3) is 0 Å². The van der Waals surface area contributed by atoms with E-state index in [1.54, 1.807) is 6.07 Å². The highest BCUT2D eigenvalue weighted by molar-refractivity contribution is 5.89. The highest BCUT2D eigenvalue weighted by atomic mass is 16.5. The van der Waals surface area contributed by atoms with Crippen molar-refractivity contribution in [2.45, 2.75) is 52.7 Å². The molecular weight excluding hydrogens is 348 g/mol. The molecule has 146 valence electrons. The van der Waals surface area contributed by atoms with Crippen molar-refractivity contribution in [1.82, 2.24) is 4.57 Å². The smallest absolute Gasteiger partial charge is 0.339 e. The van der Waals surface area contributed by atoms with E-state index in [9.17, 15) is 14.4 Å². The Morgan fingerprint density at radius 1 is 1.37 bits per heavy atom. The molecular formula is C20H26N2O5. The number of ether oxygens (including phenoxy) is 2. The third-order valence-corrected chi connectivity index (χ3v) is 5.17. The van der Waals surface area contributed by atoms with Crippen molar-refractivity contribution in [3.05, 3.63) is 33.7 Å². The molecule has 0 aliphatic heterocycles. The second-order valence-corrected chi connectivity index (χ2v) is 7.53. The van der Waals surface area contributed by atoms with Crippen LogP contribution in [0.15, 0.2) is 17.1 Å². The van der Waals surface area contributed by atoms with Crippen molar-refractivity contribution >= 4 is 11.9 Å². The number of methoxy groups -OCH3 is 1. The Balaban J connectivity index is 2.20. The molecule has 1 saturated carbocycles. The molecule has 7 nitrogen and oxygen atoms in total. The van der Waals surface area contributed by atoms with E-state index in [0.717, 1.165) is 29.9 Å². The van der Waals surface area contributed by atoms with Crippen LogP contribution in [0.1, 0.15) is 56.0 Å². The van der Waals surface area contributed by atoms with E-state index >= 15 is 0 Å². The van der Waals surface area contributed by atoms with E-state index in [0.29, 0.717) is 11.8 Å². The summed E-state index contributed by atoms with van der Waals surface area (Å²) in [5, 5.41) is 9.11. The normalized spacial score (nSPS) is 22.1. The fraction of sp³-hybridized carbons (Fsp3) is 0.600. The van der Waals surface area contributed by atoms with Gasteiger partial charge in [-0.2, -0.15) is 5.26 Å². The molecule has 0 saturated heterocycles. The maximum Gasteiger partial charge on any atom is 0.339 e. The lowest BCUT2D eigenvalue weighted by atomic mass is 9.75. The first kappa shape index (κ1) is 20.7. The van der Waals surface area contributed by atoms with Gasteiger partial charge in [-0.15, -0.1) is 0 Å². The molecule has 0 amide bonds. The molecule has 1 aliphatic carbocycles. The van der Waals surface area contributed by atoms with Gasteiger partial charge in [0.15, 0.2) is 0 Å². The van der Waals surface area contributed by atoms with Crippen LogP contribution >= 0.6 is 0 Å². The molecule has 3 atom stereocenters. The van der Waals surface area contributed by atoms with E-state index in [2.05, 4.69) is 25.5 Å². The van der Waals surface area contributed by atoms with E-state index in [1.165, 1.54) is 13.3 Å². The summed E-state index contributed by atoms with van der Waals surface area (Å²) in [7, 11) is 1.20. The summed E-state index contributed by atoms with van der Waals surface area (Å²) in [5.41, 5.74) is -0.829. The van der Waals surface area contributed by atoms with Gasteiger partial charge in [-0.3, -0.25) is 9.59 Å². The van der Waals surface area contributed by atoms with Crippen molar-refractivity contribution in [1.29, 1.82) is 5.26 Å². The van der Waals surface area contributed by atoms with Crippen molar-refractivity contribution in [3.63, 3.8) is 0 Å². The average molecular weight is 374 g/mol. The molecule has 0 unspecified atom stereocenters. The number of esters is 2. The lowest BCUT2D eigenvalue weighted by molar-refractivity contribution is -0.156. The zero-order valence-electron chi connectivity index (χ0n) is 16.2. The van der Waals surface area contributed by atoms with Crippen LogP contribution in [-0.2, 0) is 20.8 Å². The SMILES string of the molecule is COC(=O)c1cc(C#N)c(=O)n(CC(=O)O[C@@H]2C[C@H](C)CC[C@@H]2C(C)C)c1. The van der Waals surface area contributed by atoms with Gasteiger partial charge in [0.25, 0.3) is 5.56 Å². The molecule has 7 heteroatoms. The van der Waals surface area contributed by atoms with Crippen LogP contribution in [-0.4, -0.2) is 29.7 Å². The van der Waals surface area contributed by atoms with Crippen molar-refractivity contribution in [3.8, 4) is 6.07 Å². The number of carbonyl (C=O) groups excluding carboxylic acids is 2. The first-order chi connectivity index (χ1) is 12.8. The van der Waals surface area contributed by atoms with Gasteiger partial charge in [-0.25, -0.2) is 4.79 Å². The average Bonchev–Trinajstić information content (AvgIpc) is 2.62. The number of pyridine rings is 1. The fourth-order valence-electron chi connectivity index (χ4n) is 3.66. The second-order valence-electron chi connectivity index (χ2n) is 7.53. The van der Waals surface area contributed by atoms with E-state index in [-0.39, 0.29) is 29.7 Å². The van der Waals surface area contributed by atoms with E-state index in [4.69, 9.17) is 10.00 Å². The Hall–Kier alpha value is -2.62. The molecule has 1 aromatic heterocycles. The number of hydrogen-bond donors (Lipinski definition) is 0. The van der Waals surface area contributed by atoms with Crippen molar-refractivity contribution in [2.75, 3.05) is 7.11 Å². The zero-order valence-corrected chi connectivity index (χ0v) is 16.2. The fourth-order valence-corrected chi connectivity index (χ4v) is 3.66. The van der Waals surface area contributed by atoms with Gasteiger partial charge in [-0.1, -0.05) is 27.2 Å². The molecule has 1 aromatic rings. The van der Waals surface area contributed by atoms with E-state index in [1.807, 2.05) is 0 Å². The largest absolute Gasteiger partial charge is 0.465 e. The van der Waals surface area contributed by atoms with Gasteiger partial charge in [-0.05, 0) is 36.7 Å². The highest BCUT2D eigenvalue weighted by Gasteiger charge is 2.33. The van der Waals surface area contributed by atoms with Crippen molar-refractivity contribution < 1.29 is 19.1 Å². The molecule has 2 rings (SSSR count). The molecule has 0 N–H and O–H groups in total. The highest BCUT2D eigenvalue weighted by Crippen LogP contribution is 2.35. The Morgan fingerprint density at radius 2 is 2.07 bits per heavy atom. The van der Waals surface area contributed by atoms with Crippen LogP contribution in [0.3, 0.4) is 0 Å². The van der Waals surface area contributed by atoms with Gasteiger partial charge in [0.2, 0.25) is 0 Å². The Labute approximate surface area is 158 Å². The molecule has 1 fully saturated rings. The minimum atomic E-state index is -0.686. The number of carbonyl (C=O) groups is 2. The number of rotatable bonds is 5. The summed E-state index contributed by atoms with van der Waals surface area (Å²) < 4.78 is 11.4. The van der Waals surface area contributed by atoms with Crippen LogP contribution in [0, 0.1) is 29.1 Å². The maximum atomic E-state index is 12.5. The summed E-state index contributed by atoms with van der Waals surface area (Å²) in [6, 6.07) is 2.90. The van der Waals surface area contributed by atoms with Crippen LogP contribution in [0.2, 0.25) is 0 Å². The van der Waals surface area contributed by atoms with Gasteiger partial charge in [0.05, 0.1) is 12.7 Å². The number of nitrogens with zero attached hydrogens (tertiary/aromatic N) is 2. The summed E-state index contributed by atoms with van der Waals surface area (Å²) in [5.74, 6) is -0.0699. The second kappa shape index (κ2) is 8.85. The van der Waals surface area contributed by atoms with E-state index < -0.39 is 17.5 Å². The minimum absolute atomic E-state index is 0.0350. The lowest BCUT2D eigenvalue weighted by Crippen LogP contribution is -2.37. The standard InChI is InChI=1S/C20H26N2O5/c1-12(2)16-6-5-13(3)7-17(16)27-18(23)11-22-10-15(20(25)26-4)8-14(9-21)19(22)24/h8,10,12-13,16-17H,5-7,11H2,1-4H3/t13-,16-,17-/m1/s1. The monoisotopic (exact) mass is 374 g/mol. The maximum absolute atomic E-state index is 12.5. The summed E-state index contributed by atoms with van der Waals surface area (Å²) >= 11 is 0. The Morgan fingerprint density at radius 3 is 2.67 bits per heavy atom. The first-order valence-corrected chi connectivity index (χ1v) is 9.19. The third kappa shape index (κ3) is 4.97. The quantitative estimate of drug-likeness (QED) is 0.735. The van der Waals surface area contributed by atoms with Gasteiger partial charge in [0.1, 0.15) is 24.3 Å². The molecule has 0 aromatic carbocycles. The van der Waals surface area contributed by atoms with Gasteiger partial charge < -0.3 is 14.0 Å². The van der Waals surface area contributed by atoms with Crippen LogP contribution in [0.5, 0.6) is 0 Å². The van der Waals surface area contributed by atoms with Gasteiger partial charge >= 0.3 is 11.9 Å². The lowest BCUT2D eigenvalue weighted by Gasteiger charge is -2.36. The Bertz CT molecular complexity index is 806. The molecule has 1 aliphatic rings. The molecule has 0 spiro atoms. The number of hydrogen-bond acceptors (Lipinski definition) is 6. The third-order valence-electron chi connectivity index (χ3n) is 5.17. The molecule has 27 heavy (non-hydrogen) atoms. The summed E-state index contributed by atoms with van der Waals surface area (Å²) in [4.78, 5) is 36.5. The van der Waals surface area contributed by atoms with Crippen molar-refractivity contribution in [2.24, 2.45) is 17.8 Å². The molecule has 1 heterocycles. The molecule has 0 bridgehead atoms. The first-order valence-electron chi connectivity index (χ1n) is 9.19.